The summed E-state index contributed by atoms with van der Waals surface area (Å²) >= 11 is 0. The van der Waals surface area contributed by atoms with Gasteiger partial charge in [-0.3, -0.25) is 0 Å². The molecule has 9 heavy (non-hydrogen) atoms. The molecule has 46 valence electrons. The predicted octanol–water partition coefficient (Wildman–Crippen LogP) is 1.67. The van der Waals surface area contributed by atoms with Crippen LogP contribution in [0.2, 0.25) is 0 Å². The van der Waals surface area contributed by atoms with Crippen molar-refractivity contribution in [1.82, 2.24) is 0 Å². The minimum atomic E-state index is 0. The lowest BCUT2D eigenvalue weighted by Gasteiger charge is -1.80. The Morgan fingerprint density at radius 2 is 1.67 bits per heavy atom. The first-order valence-electron chi connectivity index (χ1n) is 2.38. The van der Waals surface area contributed by atoms with Crippen molar-refractivity contribution in [3.05, 3.63) is 35.9 Å². The third-order valence-electron chi connectivity index (χ3n) is 0.903. The molecular formula is C7H7NS. The third kappa shape index (κ3) is 2.20. The average molecular weight is 137 g/mol. The molecule has 0 radical (unpaired) electrons. The maximum atomic E-state index is 8.29. The van der Waals surface area contributed by atoms with Crippen molar-refractivity contribution in [3.8, 4) is 6.07 Å². The van der Waals surface area contributed by atoms with E-state index in [2.05, 4.69) is 0 Å². The summed E-state index contributed by atoms with van der Waals surface area (Å²) in [4.78, 5) is 0. The van der Waals surface area contributed by atoms with Gasteiger partial charge in [0.25, 0.3) is 0 Å². The Balaban J connectivity index is 0.000000640. The number of nitrogens with zero attached hydrogens (tertiary/aromatic N) is 1. The maximum absolute atomic E-state index is 8.29. The Kier molecular flexibility index (Phi) is 3.57. The van der Waals surface area contributed by atoms with E-state index in [1.807, 2.05) is 24.3 Å². The Morgan fingerprint density at radius 1 is 1.11 bits per heavy atom. The zero-order chi connectivity index (χ0) is 5.82. The van der Waals surface area contributed by atoms with Crippen LogP contribution in [-0.4, -0.2) is 0 Å². The van der Waals surface area contributed by atoms with E-state index < -0.39 is 0 Å². The topological polar surface area (TPSA) is 23.8 Å². The monoisotopic (exact) mass is 137 g/mol. The zero-order valence-electron chi connectivity index (χ0n) is 4.83. The smallest absolute Gasteiger partial charge is 0.0991 e. The summed E-state index contributed by atoms with van der Waals surface area (Å²) in [7, 11) is 0. The van der Waals surface area contributed by atoms with Gasteiger partial charge in [-0.05, 0) is 12.1 Å². The molecule has 1 nitrogen and oxygen atoms in total. The number of benzene rings is 1. The Bertz CT molecular complexity index is 200. The SMILES string of the molecule is N#Cc1ccccc1.S. The van der Waals surface area contributed by atoms with Crippen molar-refractivity contribution >= 4 is 13.5 Å². The molecular weight excluding hydrogens is 130 g/mol. The van der Waals surface area contributed by atoms with Gasteiger partial charge in [0.05, 0.1) is 11.6 Å². The first-order chi connectivity index (χ1) is 3.93. The highest BCUT2D eigenvalue weighted by Crippen LogP contribution is 1.92. The molecule has 0 heterocycles. The first kappa shape index (κ1) is 8.06. The van der Waals surface area contributed by atoms with Gasteiger partial charge in [-0.25, -0.2) is 0 Å². The average Bonchev–Trinajstić information content (AvgIpc) is 1.90. The summed E-state index contributed by atoms with van der Waals surface area (Å²) in [6, 6.07) is 11.2. The van der Waals surface area contributed by atoms with E-state index in [1.54, 1.807) is 12.1 Å². The molecule has 2 heteroatoms. The van der Waals surface area contributed by atoms with Crippen LogP contribution in [0, 0.1) is 11.3 Å². The highest BCUT2D eigenvalue weighted by atomic mass is 32.1. The van der Waals surface area contributed by atoms with Crippen LogP contribution in [-0.2, 0) is 0 Å². The number of rotatable bonds is 0. The van der Waals surface area contributed by atoms with Crippen LogP contribution in [0.5, 0.6) is 0 Å². The van der Waals surface area contributed by atoms with Gasteiger partial charge in [0.2, 0.25) is 0 Å². The van der Waals surface area contributed by atoms with Crippen molar-refractivity contribution in [3.63, 3.8) is 0 Å². The van der Waals surface area contributed by atoms with Crippen molar-refractivity contribution in [2.45, 2.75) is 0 Å². The molecule has 0 aromatic heterocycles. The van der Waals surface area contributed by atoms with Crippen molar-refractivity contribution in [2.75, 3.05) is 0 Å². The van der Waals surface area contributed by atoms with Crippen molar-refractivity contribution < 1.29 is 0 Å². The van der Waals surface area contributed by atoms with Crippen LogP contribution in [0.3, 0.4) is 0 Å². The fourth-order valence-corrected chi connectivity index (χ4v) is 0.513. The van der Waals surface area contributed by atoms with Crippen LogP contribution >= 0.6 is 13.5 Å². The van der Waals surface area contributed by atoms with E-state index in [1.165, 1.54) is 0 Å². The fourth-order valence-electron chi connectivity index (χ4n) is 0.513. The summed E-state index contributed by atoms with van der Waals surface area (Å²) < 4.78 is 0. The van der Waals surface area contributed by atoms with Crippen LogP contribution in [0.1, 0.15) is 5.56 Å². The number of hydrogen-bond acceptors (Lipinski definition) is 1. The van der Waals surface area contributed by atoms with Crippen LogP contribution in [0.4, 0.5) is 0 Å². The van der Waals surface area contributed by atoms with E-state index >= 15 is 0 Å². The summed E-state index contributed by atoms with van der Waals surface area (Å²) in [5, 5.41) is 8.29. The molecule has 0 amide bonds. The normalized spacial score (nSPS) is 7.00. The van der Waals surface area contributed by atoms with E-state index in [-0.39, 0.29) is 13.5 Å². The molecule has 0 spiro atoms. The van der Waals surface area contributed by atoms with E-state index in [0.717, 1.165) is 0 Å². The first-order valence-corrected chi connectivity index (χ1v) is 2.38. The van der Waals surface area contributed by atoms with Gasteiger partial charge in [-0.2, -0.15) is 18.8 Å². The molecule has 0 aliphatic carbocycles. The largest absolute Gasteiger partial charge is 0.197 e. The number of hydrogen-bond donors (Lipinski definition) is 0. The standard InChI is InChI=1S/C7H5N.H2S/c8-6-7-4-2-1-3-5-7;/h1-5H;1H2. The lowest BCUT2D eigenvalue weighted by molar-refractivity contribution is 1.49. The highest BCUT2D eigenvalue weighted by molar-refractivity contribution is 7.59. The number of nitriles is 1. The molecule has 0 atom stereocenters. The third-order valence-corrected chi connectivity index (χ3v) is 0.903. The van der Waals surface area contributed by atoms with Gasteiger partial charge >= 0.3 is 0 Å². The van der Waals surface area contributed by atoms with E-state index in [9.17, 15) is 0 Å². The Labute approximate surface area is 61.4 Å². The predicted molar refractivity (Wildman–Crippen MR) is 41.5 cm³/mol. The van der Waals surface area contributed by atoms with Gasteiger partial charge < -0.3 is 0 Å². The summed E-state index contributed by atoms with van der Waals surface area (Å²) in [5.41, 5.74) is 0.715. The summed E-state index contributed by atoms with van der Waals surface area (Å²) in [6.07, 6.45) is 0. The van der Waals surface area contributed by atoms with Gasteiger partial charge in [-0.15, -0.1) is 0 Å². The van der Waals surface area contributed by atoms with Gasteiger partial charge in [0.15, 0.2) is 0 Å². The molecule has 0 unspecified atom stereocenters. The minimum absolute atomic E-state index is 0. The molecule has 0 aliphatic heterocycles. The second-order valence-electron chi connectivity index (χ2n) is 1.48. The Morgan fingerprint density at radius 3 is 2.00 bits per heavy atom. The summed E-state index contributed by atoms with van der Waals surface area (Å²) in [5.74, 6) is 0. The van der Waals surface area contributed by atoms with Crippen LogP contribution in [0.25, 0.3) is 0 Å². The van der Waals surface area contributed by atoms with Crippen molar-refractivity contribution in [1.29, 1.82) is 5.26 Å². The molecule has 0 fully saturated rings. The van der Waals surface area contributed by atoms with Crippen LogP contribution in [0.15, 0.2) is 30.3 Å². The second kappa shape index (κ2) is 3.99. The van der Waals surface area contributed by atoms with Crippen LogP contribution < -0.4 is 0 Å². The maximum Gasteiger partial charge on any atom is 0.0991 e. The molecule has 1 aromatic carbocycles. The highest BCUT2D eigenvalue weighted by Gasteiger charge is 1.79. The Hall–Kier alpha value is -0.940. The molecule has 1 aromatic rings. The van der Waals surface area contributed by atoms with E-state index in [4.69, 9.17) is 5.26 Å². The van der Waals surface area contributed by atoms with Crippen molar-refractivity contribution in [2.24, 2.45) is 0 Å². The molecule has 0 saturated carbocycles. The molecule has 0 aliphatic rings. The van der Waals surface area contributed by atoms with E-state index in [0.29, 0.717) is 5.56 Å². The molecule has 1 rings (SSSR count). The van der Waals surface area contributed by atoms with Gasteiger partial charge in [0, 0.05) is 0 Å². The molecule has 0 N–H and O–H groups in total. The lowest BCUT2D eigenvalue weighted by Crippen LogP contribution is -1.66. The summed E-state index contributed by atoms with van der Waals surface area (Å²) in [6.45, 7) is 0. The molecule has 0 saturated heterocycles. The zero-order valence-corrected chi connectivity index (χ0v) is 5.83. The fraction of sp³-hybridized carbons (Fsp3) is 0. The quantitative estimate of drug-likeness (QED) is 0.533. The van der Waals surface area contributed by atoms with Gasteiger partial charge in [0.1, 0.15) is 0 Å². The second-order valence-corrected chi connectivity index (χ2v) is 1.48. The lowest BCUT2D eigenvalue weighted by atomic mass is 10.2. The van der Waals surface area contributed by atoms with Gasteiger partial charge in [-0.1, -0.05) is 18.2 Å². The minimum Gasteiger partial charge on any atom is -0.197 e. The molecule has 0 bridgehead atoms.